The second-order valence-electron chi connectivity index (χ2n) is 9.90. The molecule has 9 heteroatoms. The molecule has 1 unspecified atom stereocenters. The van der Waals surface area contributed by atoms with Crippen LogP contribution in [0.1, 0.15) is 54.5 Å². The van der Waals surface area contributed by atoms with Gasteiger partial charge in [0.2, 0.25) is 11.2 Å². The number of methoxy groups -OCH3 is 1. The van der Waals surface area contributed by atoms with Gasteiger partial charge in [0.25, 0.3) is 0 Å². The van der Waals surface area contributed by atoms with E-state index in [0.717, 1.165) is 11.6 Å². The standard InChI is InChI=1S/C32H32O9/c1-4-38-32(36)31-25(20-11-13-21(37-3)14-12-20)28(35)26-22(33)16-23(34)27(30(26)41-31)29-24(15-10-18(2)40-29)39-17-19-8-6-5-7-9-19/h5-9,11-14,16,18,24,29,33-34H,4,10,15,17H2,1-3H3/t18-,24?,29-/m0/s1. The second-order valence-corrected chi connectivity index (χ2v) is 9.90. The summed E-state index contributed by atoms with van der Waals surface area (Å²) in [6.45, 7) is 3.89. The molecule has 3 atom stereocenters. The molecular weight excluding hydrogens is 528 g/mol. The van der Waals surface area contributed by atoms with Gasteiger partial charge in [-0.2, -0.15) is 0 Å². The summed E-state index contributed by atoms with van der Waals surface area (Å²) in [5, 5.41) is 21.8. The van der Waals surface area contributed by atoms with Crippen LogP contribution in [0.25, 0.3) is 22.1 Å². The second kappa shape index (κ2) is 12.0. The highest BCUT2D eigenvalue weighted by atomic mass is 16.6. The van der Waals surface area contributed by atoms with Crippen molar-refractivity contribution in [3.05, 3.63) is 87.8 Å². The Morgan fingerprint density at radius 2 is 1.76 bits per heavy atom. The number of carbonyl (C=O) groups is 1. The van der Waals surface area contributed by atoms with Crippen LogP contribution in [-0.2, 0) is 20.8 Å². The summed E-state index contributed by atoms with van der Waals surface area (Å²) in [5.41, 5.74) is 0.533. The molecule has 1 aliphatic rings. The third kappa shape index (κ3) is 5.64. The molecule has 0 aliphatic carbocycles. The first-order valence-corrected chi connectivity index (χ1v) is 13.5. The SMILES string of the molecule is CCOC(=O)c1oc2c([C@H]3O[C@@H](C)CCC3OCc3ccccc3)c(O)cc(O)c2c(=O)c1-c1ccc(OC)cc1. The van der Waals surface area contributed by atoms with Crippen molar-refractivity contribution in [3.63, 3.8) is 0 Å². The Labute approximate surface area is 236 Å². The average molecular weight is 561 g/mol. The van der Waals surface area contributed by atoms with Gasteiger partial charge in [-0.1, -0.05) is 42.5 Å². The van der Waals surface area contributed by atoms with Gasteiger partial charge in [-0.15, -0.1) is 0 Å². The maximum Gasteiger partial charge on any atom is 0.375 e. The van der Waals surface area contributed by atoms with Crippen LogP contribution in [0.4, 0.5) is 0 Å². The summed E-state index contributed by atoms with van der Waals surface area (Å²) in [6.07, 6.45) is -0.223. The molecule has 4 aromatic rings. The fourth-order valence-corrected chi connectivity index (χ4v) is 5.15. The van der Waals surface area contributed by atoms with Crippen LogP contribution < -0.4 is 10.2 Å². The number of carbonyl (C=O) groups excluding carboxylic acids is 1. The lowest BCUT2D eigenvalue weighted by molar-refractivity contribution is -0.142. The molecule has 1 aromatic heterocycles. The number of phenols is 2. The van der Waals surface area contributed by atoms with Gasteiger partial charge in [-0.25, -0.2) is 4.79 Å². The highest BCUT2D eigenvalue weighted by Gasteiger charge is 2.37. The summed E-state index contributed by atoms with van der Waals surface area (Å²) in [6, 6.07) is 17.2. The van der Waals surface area contributed by atoms with Gasteiger partial charge < -0.3 is 33.6 Å². The minimum atomic E-state index is -0.860. The van der Waals surface area contributed by atoms with Crippen molar-refractivity contribution in [2.24, 2.45) is 0 Å². The van der Waals surface area contributed by atoms with Gasteiger partial charge in [-0.3, -0.25) is 4.79 Å². The van der Waals surface area contributed by atoms with Crippen LogP contribution in [0.3, 0.4) is 0 Å². The molecule has 9 nitrogen and oxygen atoms in total. The Balaban J connectivity index is 1.70. The van der Waals surface area contributed by atoms with Crippen LogP contribution >= 0.6 is 0 Å². The molecule has 1 aliphatic heterocycles. The molecule has 214 valence electrons. The van der Waals surface area contributed by atoms with Crippen LogP contribution in [0.2, 0.25) is 0 Å². The monoisotopic (exact) mass is 560 g/mol. The van der Waals surface area contributed by atoms with Crippen molar-refractivity contribution in [3.8, 4) is 28.4 Å². The topological polar surface area (TPSA) is 125 Å². The number of hydrogen-bond acceptors (Lipinski definition) is 9. The van der Waals surface area contributed by atoms with Gasteiger partial charge in [0.1, 0.15) is 28.7 Å². The minimum Gasteiger partial charge on any atom is -0.507 e. The van der Waals surface area contributed by atoms with Crippen molar-refractivity contribution in [2.75, 3.05) is 13.7 Å². The molecule has 0 radical (unpaired) electrons. The fraction of sp³-hybridized carbons (Fsp3) is 0.312. The smallest absolute Gasteiger partial charge is 0.375 e. The number of esters is 1. The van der Waals surface area contributed by atoms with E-state index in [9.17, 15) is 19.8 Å². The van der Waals surface area contributed by atoms with Crippen LogP contribution in [0.15, 0.2) is 69.9 Å². The zero-order valence-corrected chi connectivity index (χ0v) is 23.1. The zero-order chi connectivity index (χ0) is 29.1. The van der Waals surface area contributed by atoms with E-state index in [2.05, 4.69) is 0 Å². The minimum absolute atomic E-state index is 0.0411. The van der Waals surface area contributed by atoms with Crippen molar-refractivity contribution in [1.82, 2.24) is 0 Å². The first kappa shape index (κ1) is 28.2. The quantitative estimate of drug-likeness (QED) is 0.254. The Bertz CT molecular complexity index is 1590. The molecule has 0 amide bonds. The number of rotatable bonds is 8. The largest absolute Gasteiger partial charge is 0.507 e. The van der Waals surface area contributed by atoms with E-state index in [1.165, 1.54) is 7.11 Å². The Kier molecular flexibility index (Phi) is 8.28. The summed E-state index contributed by atoms with van der Waals surface area (Å²) < 4.78 is 29.1. The Hall–Kier alpha value is -4.34. The normalized spacial score (nSPS) is 18.8. The van der Waals surface area contributed by atoms with Gasteiger partial charge >= 0.3 is 5.97 Å². The first-order chi connectivity index (χ1) is 19.8. The molecule has 5 rings (SSSR count). The maximum atomic E-state index is 14.0. The predicted octanol–water partition coefficient (Wildman–Crippen LogP) is 5.88. The van der Waals surface area contributed by atoms with Crippen molar-refractivity contribution in [2.45, 2.75) is 51.6 Å². The molecule has 0 saturated carbocycles. The van der Waals surface area contributed by atoms with E-state index in [1.54, 1.807) is 31.2 Å². The molecule has 1 saturated heterocycles. The lowest BCUT2D eigenvalue weighted by atomic mass is 9.92. The molecule has 2 N–H and O–H groups in total. The van der Waals surface area contributed by atoms with Gasteiger partial charge in [0.15, 0.2) is 5.58 Å². The highest BCUT2D eigenvalue weighted by molar-refractivity contribution is 6.00. The lowest BCUT2D eigenvalue weighted by Gasteiger charge is -2.36. The summed E-state index contributed by atoms with van der Waals surface area (Å²) in [5.74, 6) is -1.51. The summed E-state index contributed by atoms with van der Waals surface area (Å²) in [7, 11) is 1.51. The number of aromatic hydroxyl groups is 2. The van der Waals surface area contributed by atoms with Gasteiger partial charge in [0.05, 0.1) is 43.7 Å². The van der Waals surface area contributed by atoms with E-state index in [0.29, 0.717) is 30.8 Å². The molecule has 0 bridgehead atoms. The molecule has 41 heavy (non-hydrogen) atoms. The lowest BCUT2D eigenvalue weighted by Crippen LogP contribution is -2.34. The Morgan fingerprint density at radius 3 is 2.44 bits per heavy atom. The van der Waals surface area contributed by atoms with Gasteiger partial charge in [0, 0.05) is 6.07 Å². The molecule has 1 fully saturated rings. The van der Waals surface area contributed by atoms with Crippen LogP contribution in [0, 0.1) is 0 Å². The van der Waals surface area contributed by atoms with E-state index in [-0.39, 0.29) is 46.3 Å². The van der Waals surface area contributed by atoms with E-state index >= 15 is 0 Å². The summed E-state index contributed by atoms with van der Waals surface area (Å²) >= 11 is 0. The van der Waals surface area contributed by atoms with E-state index in [1.807, 2.05) is 37.3 Å². The third-order valence-corrected chi connectivity index (χ3v) is 7.17. The molecular formula is C32H32O9. The van der Waals surface area contributed by atoms with E-state index < -0.39 is 29.4 Å². The number of ether oxygens (including phenoxy) is 4. The van der Waals surface area contributed by atoms with Crippen LogP contribution in [-0.4, -0.2) is 42.1 Å². The molecule has 0 spiro atoms. The van der Waals surface area contributed by atoms with Crippen molar-refractivity contribution < 1.29 is 38.4 Å². The average Bonchev–Trinajstić information content (AvgIpc) is 2.97. The zero-order valence-electron chi connectivity index (χ0n) is 23.1. The first-order valence-electron chi connectivity index (χ1n) is 13.5. The summed E-state index contributed by atoms with van der Waals surface area (Å²) in [4.78, 5) is 27.2. The van der Waals surface area contributed by atoms with Crippen molar-refractivity contribution >= 4 is 16.9 Å². The Morgan fingerprint density at radius 1 is 1.02 bits per heavy atom. The number of hydrogen-bond donors (Lipinski definition) is 2. The highest BCUT2D eigenvalue weighted by Crippen LogP contribution is 2.45. The number of benzene rings is 3. The maximum absolute atomic E-state index is 14.0. The fourth-order valence-electron chi connectivity index (χ4n) is 5.15. The van der Waals surface area contributed by atoms with Gasteiger partial charge in [-0.05, 0) is 49.9 Å². The number of fused-ring (bicyclic) bond motifs is 1. The van der Waals surface area contributed by atoms with Crippen LogP contribution in [0.5, 0.6) is 17.2 Å². The predicted molar refractivity (Wildman–Crippen MR) is 151 cm³/mol. The third-order valence-electron chi connectivity index (χ3n) is 7.17. The van der Waals surface area contributed by atoms with Crippen molar-refractivity contribution in [1.29, 1.82) is 0 Å². The molecule has 3 aromatic carbocycles. The van der Waals surface area contributed by atoms with E-state index in [4.69, 9.17) is 23.4 Å². The number of phenolic OH excluding ortho intramolecular Hbond substituents is 2. The molecule has 2 heterocycles.